The van der Waals surface area contributed by atoms with Crippen molar-refractivity contribution in [1.29, 1.82) is 0 Å². The quantitative estimate of drug-likeness (QED) is 0.330. The maximum atomic E-state index is 5.84. The summed E-state index contributed by atoms with van der Waals surface area (Å²) in [6, 6.07) is 25.9. The predicted octanol–water partition coefficient (Wildman–Crippen LogP) is 6.17. The second-order valence-electron chi connectivity index (χ2n) is 8.30. The van der Waals surface area contributed by atoms with Crippen molar-refractivity contribution in [3.8, 4) is 17.1 Å². The highest BCUT2D eigenvalue weighted by atomic mass is 32.1. The number of nitrogens with one attached hydrogen (secondary N) is 1. The number of hydrogen-bond acceptors (Lipinski definition) is 5. The van der Waals surface area contributed by atoms with E-state index in [4.69, 9.17) is 26.5 Å². The number of rotatable bonds is 6. The summed E-state index contributed by atoms with van der Waals surface area (Å²) < 4.78 is 11.2. The van der Waals surface area contributed by atoms with E-state index in [9.17, 15) is 0 Å². The van der Waals surface area contributed by atoms with Crippen LogP contribution in [-0.2, 0) is 6.42 Å². The molecular weight excluding hydrogens is 456 g/mol. The molecule has 1 unspecified atom stereocenters. The Morgan fingerprint density at radius 3 is 2.37 bits per heavy atom. The number of nitrogens with zero attached hydrogens (tertiary/aromatic N) is 3. The van der Waals surface area contributed by atoms with Crippen molar-refractivity contribution < 1.29 is 9.26 Å². The van der Waals surface area contributed by atoms with E-state index in [0.29, 0.717) is 16.8 Å². The lowest BCUT2D eigenvalue weighted by Gasteiger charge is -2.37. The molecule has 0 spiro atoms. The zero-order valence-corrected chi connectivity index (χ0v) is 20.7. The molecule has 0 radical (unpaired) electrons. The molecule has 1 atom stereocenters. The molecule has 4 aromatic rings. The SMILES string of the molecule is CCc1ccc(C2NC(=S)N(c3ccc(OC)cc3)C(C)=C2c2nc(-c3ccccc3)no2)cc1. The van der Waals surface area contributed by atoms with Crippen LogP contribution in [0.4, 0.5) is 5.69 Å². The Balaban J connectivity index is 1.63. The summed E-state index contributed by atoms with van der Waals surface area (Å²) in [5.74, 6) is 1.79. The molecule has 0 amide bonds. The Morgan fingerprint density at radius 1 is 1.00 bits per heavy atom. The first-order valence-electron chi connectivity index (χ1n) is 11.5. The normalized spacial score (nSPS) is 15.8. The molecule has 1 aliphatic rings. The highest BCUT2D eigenvalue weighted by Crippen LogP contribution is 2.39. The van der Waals surface area contributed by atoms with Gasteiger partial charge in [0.15, 0.2) is 5.11 Å². The van der Waals surface area contributed by atoms with Crippen molar-refractivity contribution in [2.45, 2.75) is 26.3 Å². The third-order valence-electron chi connectivity index (χ3n) is 6.23. The second kappa shape index (κ2) is 9.72. The Hall–Kier alpha value is -3.97. The van der Waals surface area contributed by atoms with Crippen LogP contribution >= 0.6 is 12.2 Å². The fourth-order valence-electron chi connectivity index (χ4n) is 4.30. The van der Waals surface area contributed by atoms with Crippen LogP contribution in [-0.4, -0.2) is 22.4 Å². The van der Waals surface area contributed by atoms with E-state index < -0.39 is 0 Å². The van der Waals surface area contributed by atoms with Crippen LogP contribution in [0.1, 0.15) is 36.9 Å². The highest BCUT2D eigenvalue weighted by molar-refractivity contribution is 7.80. The number of allylic oxidation sites excluding steroid dienone is 1. The molecule has 6 nitrogen and oxygen atoms in total. The van der Waals surface area contributed by atoms with Gasteiger partial charge in [-0.2, -0.15) is 4.98 Å². The lowest BCUT2D eigenvalue weighted by Crippen LogP contribution is -2.46. The average molecular weight is 483 g/mol. The Kier molecular flexibility index (Phi) is 6.33. The fourth-order valence-corrected chi connectivity index (χ4v) is 4.66. The molecule has 1 aromatic heterocycles. The molecular formula is C28H26N4O2S. The van der Waals surface area contributed by atoms with Crippen LogP contribution in [0, 0.1) is 0 Å². The van der Waals surface area contributed by atoms with Gasteiger partial charge in [0.2, 0.25) is 5.82 Å². The van der Waals surface area contributed by atoms with E-state index in [1.807, 2.05) is 66.4 Å². The molecule has 35 heavy (non-hydrogen) atoms. The van der Waals surface area contributed by atoms with Gasteiger partial charge >= 0.3 is 0 Å². The molecule has 1 aliphatic heterocycles. The van der Waals surface area contributed by atoms with Crippen LogP contribution < -0.4 is 15.0 Å². The number of aryl methyl sites for hydroxylation is 1. The Labute approximate surface area is 210 Å². The van der Waals surface area contributed by atoms with Crippen LogP contribution in [0.15, 0.2) is 89.1 Å². The maximum absolute atomic E-state index is 5.84. The van der Waals surface area contributed by atoms with Crippen molar-refractivity contribution in [2.75, 3.05) is 12.0 Å². The number of anilines is 1. The number of hydrogen-bond donors (Lipinski definition) is 1. The summed E-state index contributed by atoms with van der Waals surface area (Å²) in [5.41, 5.74) is 5.98. The van der Waals surface area contributed by atoms with Gasteiger partial charge in [0.05, 0.1) is 18.7 Å². The van der Waals surface area contributed by atoms with Crippen LogP contribution in [0.3, 0.4) is 0 Å². The molecule has 1 N–H and O–H groups in total. The van der Waals surface area contributed by atoms with E-state index in [2.05, 4.69) is 41.7 Å². The summed E-state index contributed by atoms with van der Waals surface area (Å²) in [6.45, 7) is 4.18. The largest absolute Gasteiger partial charge is 0.497 e. The summed E-state index contributed by atoms with van der Waals surface area (Å²) in [6.07, 6.45) is 0.980. The van der Waals surface area contributed by atoms with E-state index in [-0.39, 0.29) is 6.04 Å². The van der Waals surface area contributed by atoms with Crippen LogP contribution in [0.25, 0.3) is 17.0 Å². The second-order valence-corrected chi connectivity index (χ2v) is 8.69. The summed E-state index contributed by atoms with van der Waals surface area (Å²) in [7, 11) is 1.65. The first-order valence-corrected chi connectivity index (χ1v) is 11.9. The molecule has 2 heterocycles. The van der Waals surface area contributed by atoms with Gasteiger partial charge in [0.1, 0.15) is 5.75 Å². The Morgan fingerprint density at radius 2 is 1.71 bits per heavy atom. The predicted molar refractivity (Wildman–Crippen MR) is 142 cm³/mol. The van der Waals surface area contributed by atoms with Crippen molar-refractivity contribution in [2.24, 2.45) is 0 Å². The van der Waals surface area contributed by atoms with Crippen molar-refractivity contribution in [1.82, 2.24) is 15.5 Å². The highest BCUT2D eigenvalue weighted by Gasteiger charge is 2.34. The van der Waals surface area contributed by atoms with Gasteiger partial charge in [-0.05, 0) is 61.0 Å². The number of aromatic nitrogens is 2. The van der Waals surface area contributed by atoms with Gasteiger partial charge < -0.3 is 14.6 Å². The smallest absolute Gasteiger partial charge is 0.258 e. The maximum Gasteiger partial charge on any atom is 0.258 e. The van der Waals surface area contributed by atoms with Gasteiger partial charge in [-0.1, -0.05) is 66.7 Å². The number of ether oxygens (including phenoxy) is 1. The third kappa shape index (κ3) is 4.42. The lowest BCUT2D eigenvalue weighted by molar-refractivity contribution is 0.404. The van der Waals surface area contributed by atoms with E-state index in [1.54, 1.807) is 7.11 Å². The van der Waals surface area contributed by atoms with Gasteiger partial charge in [-0.3, -0.25) is 4.90 Å². The van der Waals surface area contributed by atoms with Crippen molar-refractivity contribution >= 4 is 28.6 Å². The van der Waals surface area contributed by atoms with Gasteiger partial charge in [-0.15, -0.1) is 0 Å². The molecule has 7 heteroatoms. The average Bonchev–Trinajstić information content (AvgIpc) is 3.39. The number of methoxy groups -OCH3 is 1. The monoisotopic (exact) mass is 482 g/mol. The van der Waals surface area contributed by atoms with Crippen LogP contribution in [0.5, 0.6) is 5.75 Å². The lowest BCUT2D eigenvalue weighted by atomic mass is 9.93. The van der Waals surface area contributed by atoms with Gasteiger partial charge in [0, 0.05) is 16.9 Å². The number of thiocarbonyl (C=S) groups is 1. The fraction of sp³-hybridized carbons (Fsp3) is 0.179. The minimum absolute atomic E-state index is 0.230. The molecule has 0 aliphatic carbocycles. The summed E-state index contributed by atoms with van der Waals surface area (Å²) in [4.78, 5) is 6.77. The zero-order chi connectivity index (χ0) is 24.4. The Bertz CT molecular complexity index is 1360. The van der Waals surface area contributed by atoms with Crippen LogP contribution in [0.2, 0.25) is 0 Å². The molecule has 176 valence electrons. The molecule has 0 fully saturated rings. The molecule has 5 rings (SSSR count). The third-order valence-corrected chi connectivity index (χ3v) is 6.53. The standard InChI is InChI=1S/C28H26N4O2S/c1-4-19-10-12-20(13-11-19)25-24(27-30-26(31-34-27)21-8-6-5-7-9-21)18(2)32(28(35)29-25)22-14-16-23(33-3)17-15-22/h5-17,25H,4H2,1-3H3,(H,29,35). The molecule has 0 saturated heterocycles. The van der Waals surface area contributed by atoms with Gasteiger partial charge in [-0.25, -0.2) is 0 Å². The summed E-state index contributed by atoms with van der Waals surface area (Å²) in [5, 5.41) is 8.39. The van der Waals surface area contributed by atoms with E-state index in [1.165, 1.54) is 5.56 Å². The van der Waals surface area contributed by atoms with E-state index >= 15 is 0 Å². The molecule has 0 saturated carbocycles. The van der Waals surface area contributed by atoms with E-state index in [0.717, 1.165) is 40.3 Å². The molecule has 0 bridgehead atoms. The minimum atomic E-state index is -0.230. The topological polar surface area (TPSA) is 63.4 Å². The summed E-state index contributed by atoms with van der Waals surface area (Å²) >= 11 is 5.84. The van der Waals surface area contributed by atoms with Crippen molar-refractivity contribution in [3.05, 3.63) is 102 Å². The number of benzene rings is 3. The first-order chi connectivity index (χ1) is 17.1. The minimum Gasteiger partial charge on any atom is -0.497 e. The van der Waals surface area contributed by atoms with Gasteiger partial charge in [0.25, 0.3) is 5.89 Å². The first kappa shape index (κ1) is 22.8. The van der Waals surface area contributed by atoms with Crippen molar-refractivity contribution in [3.63, 3.8) is 0 Å². The molecule has 3 aromatic carbocycles. The zero-order valence-electron chi connectivity index (χ0n) is 19.9.